The number of nitrogens with zero attached hydrogens (tertiary/aromatic N) is 2. The van der Waals surface area contributed by atoms with Crippen LogP contribution < -0.4 is 0 Å². The third kappa shape index (κ3) is 2.89. The predicted molar refractivity (Wildman–Crippen MR) is 61.2 cm³/mol. The standard InChI is InChI=1S/C12H10F4N2O2/c1-2-10(19)18-6-11(13,7-18)4-3-8-5-9(20-17-8)12(14,15)16/h2-5H,1,6-7H2/b4-3-. The fraction of sp³-hybridized carbons (Fsp3) is 0.333. The molecule has 0 atom stereocenters. The molecular weight excluding hydrogens is 280 g/mol. The fourth-order valence-electron chi connectivity index (χ4n) is 1.71. The molecule has 20 heavy (non-hydrogen) atoms. The number of alkyl halides is 4. The van der Waals surface area contributed by atoms with E-state index in [2.05, 4.69) is 16.3 Å². The Bertz CT molecular complexity index is 556. The van der Waals surface area contributed by atoms with E-state index in [9.17, 15) is 22.4 Å². The van der Waals surface area contributed by atoms with Gasteiger partial charge in [0.05, 0.1) is 13.1 Å². The van der Waals surface area contributed by atoms with Crippen molar-refractivity contribution in [3.05, 3.63) is 36.3 Å². The number of amides is 1. The van der Waals surface area contributed by atoms with Gasteiger partial charge in [-0.25, -0.2) is 4.39 Å². The van der Waals surface area contributed by atoms with Gasteiger partial charge in [-0.2, -0.15) is 13.2 Å². The minimum atomic E-state index is -4.63. The molecule has 1 aromatic heterocycles. The van der Waals surface area contributed by atoms with Crippen LogP contribution in [0.3, 0.4) is 0 Å². The molecule has 4 nitrogen and oxygen atoms in total. The highest BCUT2D eigenvalue weighted by Gasteiger charge is 2.43. The first kappa shape index (κ1) is 14.3. The average Bonchev–Trinajstić information content (AvgIpc) is 2.80. The number of aromatic nitrogens is 1. The van der Waals surface area contributed by atoms with Crippen molar-refractivity contribution in [1.29, 1.82) is 0 Å². The van der Waals surface area contributed by atoms with Gasteiger partial charge in [0.25, 0.3) is 0 Å². The summed E-state index contributed by atoms with van der Waals surface area (Å²) < 4.78 is 54.8. The van der Waals surface area contributed by atoms with Crippen molar-refractivity contribution in [2.45, 2.75) is 11.8 Å². The number of hydrogen-bond acceptors (Lipinski definition) is 3. The van der Waals surface area contributed by atoms with Gasteiger partial charge >= 0.3 is 6.18 Å². The van der Waals surface area contributed by atoms with Gasteiger partial charge in [0.2, 0.25) is 11.7 Å². The van der Waals surface area contributed by atoms with Crippen molar-refractivity contribution in [1.82, 2.24) is 10.1 Å². The van der Waals surface area contributed by atoms with Gasteiger partial charge in [-0.3, -0.25) is 4.79 Å². The molecule has 0 bridgehead atoms. The van der Waals surface area contributed by atoms with Crippen LogP contribution in [0.1, 0.15) is 11.5 Å². The molecule has 0 spiro atoms. The van der Waals surface area contributed by atoms with Crippen LogP contribution in [-0.4, -0.2) is 34.7 Å². The summed E-state index contributed by atoms with van der Waals surface area (Å²) in [5.41, 5.74) is -1.90. The second kappa shape index (κ2) is 4.77. The van der Waals surface area contributed by atoms with Crippen LogP contribution >= 0.6 is 0 Å². The predicted octanol–water partition coefficient (Wildman–Crippen LogP) is 2.44. The van der Waals surface area contributed by atoms with Crippen molar-refractivity contribution in [3.63, 3.8) is 0 Å². The van der Waals surface area contributed by atoms with E-state index in [0.717, 1.165) is 18.2 Å². The number of hydrogen-bond donors (Lipinski definition) is 0. The Kier molecular flexibility index (Phi) is 3.41. The summed E-state index contributed by atoms with van der Waals surface area (Å²) in [6.07, 6.45) is -1.40. The lowest BCUT2D eigenvalue weighted by atomic mass is 9.95. The monoisotopic (exact) mass is 290 g/mol. The number of rotatable bonds is 3. The van der Waals surface area contributed by atoms with Gasteiger partial charge in [0, 0.05) is 6.07 Å². The molecule has 0 saturated carbocycles. The van der Waals surface area contributed by atoms with E-state index in [1.807, 2.05) is 0 Å². The van der Waals surface area contributed by atoms with E-state index >= 15 is 0 Å². The van der Waals surface area contributed by atoms with Gasteiger partial charge in [-0.15, -0.1) is 0 Å². The van der Waals surface area contributed by atoms with E-state index in [-0.39, 0.29) is 18.8 Å². The molecule has 1 aliphatic heterocycles. The molecule has 1 aromatic rings. The summed E-state index contributed by atoms with van der Waals surface area (Å²) in [7, 11) is 0. The van der Waals surface area contributed by atoms with E-state index in [0.29, 0.717) is 6.07 Å². The van der Waals surface area contributed by atoms with Crippen LogP contribution in [0, 0.1) is 0 Å². The normalized spacial score (nSPS) is 18.1. The Morgan fingerprint density at radius 2 is 2.15 bits per heavy atom. The van der Waals surface area contributed by atoms with Crippen LogP contribution in [-0.2, 0) is 11.0 Å². The third-order valence-electron chi connectivity index (χ3n) is 2.75. The number of likely N-dealkylation sites (tertiary alicyclic amines) is 1. The third-order valence-corrected chi connectivity index (χ3v) is 2.75. The zero-order valence-electron chi connectivity index (χ0n) is 10.2. The Morgan fingerprint density at radius 3 is 2.65 bits per heavy atom. The number of halogens is 4. The molecule has 1 aliphatic rings. The van der Waals surface area contributed by atoms with E-state index in [1.165, 1.54) is 4.90 Å². The Hall–Kier alpha value is -2.12. The van der Waals surface area contributed by atoms with E-state index < -0.39 is 23.5 Å². The largest absolute Gasteiger partial charge is 0.452 e. The zero-order chi connectivity index (χ0) is 15.0. The van der Waals surface area contributed by atoms with Crippen LogP contribution in [0.2, 0.25) is 0 Å². The molecule has 1 saturated heterocycles. The zero-order valence-corrected chi connectivity index (χ0v) is 10.2. The maximum atomic E-state index is 14.0. The first-order chi connectivity index (χ1) is 9.23. The lowest BCUT2D eigenvalue weighted by Crippen LogP contribution is -2.59. The molecule has 0 aromatic carbocycles. The Morgan fingerprint density at radius 1 is 1.50 bits per heavy atom. The molecule has 1 amide bonds. The van der Waals surface area contributed by atoms with Gasteiger partial charge in [0.1, 0.15) is 5.69 Å². The van der Waals surface area contributed by atoms with Crippen LogP contribution in [0.4, 0.5) is 17.6 Å². The summed E-state index contributed by atoms with van der Waals surface area (Å²) in [6.45, 7) is 2.93. The second-order valence-electron chi connectivity index (χ2n) is 4.38. The summed E-state index contributed by atoms with van der Waals surface area (Å²) in [5.74, 6) is -1.64. The van der Waals surface area contributed by atoms with Crippen LogP contribution in [0.5, 0.6) is 0 Å². The molecule has 8 heteroatoms. The summed E-state index contributed by atoms with van der Waals surface area (Å²) in [6, 6.07) is 0.672. The first-order valence-electron chi connectivity index (χ1n) is 5.57. The van der Waals surface area contributed by atoms with Crippen LogP contribution in [0.25, 0.3) is 6.08 Å². The summed E-state index contributed by atoms with van der Waals surface area (Å²) >= 11 is 0. The van der Waals surface area contributed by atoms with E-state index in [4.69, 9.17) is 0 Å². The molecule has 2 heterocycles. The SMILES string of the molecule is C=CC(=O)N1CC(F)(/C=C\c2cc(C(F)(F)F)on2)C1. The number of carbonyl (C=O) groups excluding carboxylic acids is 1. The molecule has 1 fully saturated rings. The summed E-state index contributed by atoms with van der Waals surface area (Å²) in [4.78, 5) is 12.4. The Balaban J connectivity index is 1.99. The first-order valence-corrected chi connectivity index (χ1v) is 5.57. The molecule has 0 radical (unpaired) electrons. The second-order valence-corrected chi connectivity index (χ2v) is 4.38. The summed E-state index contributed by atoms with van der Waals surface area (Å²) in [5, 5.41) is 3.17. The molecule has 0 aliphatic carbocycles. The minimum Gasteiger partial charge on any atom is -0.351 e. The Labute approximate surface area is 111 Å². The molecule has 108 valence electrons. The smallest absolute Gasteiger partial charge is 0.351 e. The highest BCUT2D eigenvalue weighted by Crippen LogP contribution is 2.31. The fourth-order valence-corrected chi connectivity index (χ4v) is 1.71. The maximum Gasteiger partial charge on any atom is 0.452 e. The average molecular weight is 290 g/mol. The van der Waals surface area contributed by atoms with E-state index in [1.54, 1.807) is 0 Å². The number of carbonyl (C=O) groups is 1. The van der Waals surface area contributed by atoms with Crippen molar-refractivity contribution in [2.24, 2.45) is 0 Å². The quantitative estimate of drug-likeness (QED) is 0.634. The van der Waals surface area contributed by atoms with Gasteiger partial charge in [-0.05, 0) is 18.2 Å². The van der Waals surface area contributed by atoms with Gasteiger partial charge in [0.15, 0.2) is 5.67 Å². The lowest BCUT2D eigenvalue weighted by molar-refractivity contribution is -0.155. The van der Waals surface area contributed by atoms with Gasteiger partial charge < -0.3 is 9.42 Å². The lowest BCUT2D eigenvalue weighted by Gasteiger charge is -2.42. The van der Waals surface area contributed by atoms with Crippen LogP contribution in [0.15, 0.2) is 29.3 Å². The van der Waals surface area contributed by atoms with Gasteiger partial charge in [-0.1, -0.05) is 11.7 Å². The minimum absolute atomic E-state index is 0.136. The topological polar surface area (TPSA) is 46.3 Å². The highest BCUT2D eigenvalue weighted by atomic mass is 19.4. The molecule has 2 rings (SSSR count). The molecule has 0 N–H and O–H groups in total. The molecule has 0 unspecified atom stereocenters. The van der Waals surface area contributed by atoms with Crippen molar-refractivity contribution in [2.75, 3.05) is 13.1 Å². The molecular formula is C12H10F4N2O2. The maximum absolute atomic E-state index is 14.0. The van der Waals surface area contributed by atoms with Crippen molar-refractivity contribution in [3.8, 4) is 0 Å². The van der Waals surface area contributed by atoms with Crippen molar-refractivity contribution < 1.29 is 26.9 Å². The highest BCUT2D eigenvalue weighted by molar-refractivity contribution is 5.88. The van der Waals surface area contributed by atoms with Crippen molar-refractivity contribution >= 4 is 12.0 Å².